The van der Waals surface area contributed by atoms with E-state index in [4.69, 9.17) is 23.7 Å². The second-order valence-electron chi connectivity index (χ2n) is 5.63. The van der Waals surface area contributed by atoms with E-state index in [9.17, 15) is 4.79 Å². The number of cyclic esters (lactones) is 1. The second kappa shape index (κ2) is 5.01. The predicted molar refractivity (Wildman–Crippen MR) is 63.2 cm³/mol. The zero-order chi connectivity index (χ0) is 13.5. The molecule has 1 unspecified atom stereocenters. The van der Waals surface area contributed by atoms with Crippen LogP contribution in [0.5, 0.6) is 0 Å². The molecule has 0 aliphatic carbocycles. The van der Waals surface area contributed by atoms with E-state index in [2.05, 4.69) is 0 Å². The van der Waals surface area contributed by atoms with Gasteiger partial charge in [0.05, 0.1) is 6.61 Å². The van der Waals surface area contributed by atoms with Gasteiger partial charge in [0, 0.05) is 6.61 Å². The highest BCUT2D eigenvalue weighted by molar-refractivity contribution is 5.78. The molecule has 3 heterocycles. The third kappa shape index (κ3) is 2.76. The van der Waals surface area contributed by atoms with Crippen LogP contribution in [0.2, 0.25) is 0 Å². The van der Waals surface area contributed by atoms with E-state index in [-0.39, 0.29) is 25.0 Å². The zero-order valence-corrected chi connectivity index (χ0v) is 11.3. The summed E-state index contributed by atoms with van der Waals surface area (Å²) < 4.78 is 27.6. The average Bonchev–Trinajstić information content (AvgIpc) is 2.84. The average molecular weight is 272 g/mol. The van der Waals surface area contributed by atoms with Gasteiger partial charge in [0.15, 0.2) is 24.3 Å². The van der Waals surface area contributed by atoms with E-state index in [1.165, 1.54) is 0 Å². The third-order valence-electron chi connectivity index (χ3n) is 3.58. The summed E-state index contributed by atoms with van der Waals surface area (Å²) >= 11 is 0. The van der Waals surface area contributed by atoms with Gasteiger partial charge in [-0.1, -0.05) is 0 Å². The number of carbonyl (C=O) groups excluding carboxylic acids is 1. The molecule has 108 valence electrons. The van der Waals surface area contributed by atoms with Gasteiger partial charge < -0.3 is 23.7 Å². The van der Waals surface area contributed by atoms with E-state index in [0.29, 0.717) is 0 Å². The molecule has 3 rings (SSSR count). The van der Waals surface area contributed by atoms with Gasteiger partial charge in [-0.15, -0.1) is 0 Å². The van der Waals surface area contributed by atoms with Crippen molar-refractivity contribution in [2.75, 3.05) is 13.2 Å². The van der Waals surface area contributed by atoms with Crippen molar-refractivity contribution in [3.63, 3.8) is 0 Å². The Hall–Kier alpha value is -0.690. The molecule has 0 aromatic carbocycles. The molecule has 0 saturated carbocycles. The Labute approximate surface area is 112 Å². The maximum Gasteiger partial charge on any atom is 0.338 e. The molecule has 0 bridgehead atoms. The predicted octanol–water partition coefficient (Wildman–Crippen LogP) is 0.975. The largest absolute Gasteiger partial charge is 0.455 e. The van der Waals surface area contributed by atoms with Gasteiger partial charge in [-0.2, -0.15) is 0 Å². The van der Waals surface area contributed by atoms with Crippen LogP contribution in [0, 0.1) is 0 Å². The van der Waals surface area contributed by atoms with Crippen molar-refractivity contribution in [2.24, 2.45) is 0 Å². The Kier molecular flexibility index (Phi) is 3.51. The van der Waals surface area contributed by atoms with Crippen LogP contribution in [-0.2, 0) is 28.5 Å². The maximum atomic E-state index is 11.7. The second-order valence-corrected chi connectivity index (χ2v) is 5.63. The highest BCUT2D eigenvalue weighted by atomic mass is 16.8. The summed E-state index contributed by atoms with van der Waals surface area (Å²) in [6.07, 6.45) is 1.45. The quantitative estimate of drug-likeness (QED) is 0.714. The molecule has 3 saturated heterocycles. The first-order valence-electron chi connectivity index (χ1n) is 6.84. The summed E-state index contributed by atoms with van der Waals surface area (Å²) in [5.41, 5.74) is 0. The molecule has 0 N–H and O–H groups in total. The van der Waals surface area contributed by atoms with Crippen molar-refractivity contribution in [2.45, 2.75) is 63.5 Å². The number of rotatable bonds is 3. The topological polar surface area (TPSA) is 63.2 Å². The summed E-state index contributed by atoms with van der Waals surface area (Å²) in [6.45, 7) is 4.60. The number of ether oxygens (including phenoxy) is 5. The molecule has 19 heavy (non-hydrogen) atoms. The lowest BCUT2D eigenvalue weighted by molar-refractivity contribution is -0.206. The van der Waals surface area contributed by atoms with Gasteiger partial charge in [-0.3, -0.25) is 0 Å². The van der Waals surface area contributed by atoms with Crippen molar-refractivity contribution >= 4 is 5.97 Å². The highest BCUT2D eigenvalue weighted by Crippen LogP contribution is 2.36. The highest BCUT2D eigenvalue weighted by Gasteiger charge is 2.56. The Morgan fingerprint density at radius 3 is 2.89 bits per heavy atom. The van der Waals surface area contributed by atoms with E-state index in [0.717, 1.165) is 25.9 Å². The lowest BCUT2D eigenvalue weighted by Gasteiger charge is -2.25. The number of esters is 1. The van der Waals surface area contributed by atoms with Crippen LogP contribution in [0.25, 0.3) is 0 Å². The first-order chi connectivity index (χ1) is 9.05. The molecule has 3 fully saturated rings. The monoisotopic (exact) mass is 272 g/mol. The van der Waals surface area contributed by atoms with Crippen LogP contribution in [-0.4, -0.2) is 49.6 Å². The van der Waals surface area contributed by atoms with E-state index in [1.807, 2.05) is 0 Å². The lowest BCUT2D eigenvalue weighted by Crippen LogP contribution is -2.35. The SMILES string of the molecule is CC1(C)O[C@@H]2[C@@H](COC3CCCCO3)OC(=O)[C@@H]2O1. The Morgan fingerprint density at radius 2 is 2.16 bits per heavy atom. The molecule has 0 aromatic rings. The summed E-state index contributed by atoms with van der Waals surface area (Å²) in [5.74, 6) is -1.11. The van der Waals surface area contributed by atoms with Crippen molar-refractivity contribution in [3.05, 3.63) is 0 Å². The molecular formula is C13H20O6. The Bertz CT molecular complexity index is 349. The van der Waals surface area contributed by atoms with Crippen LogP contribution in [0.15, 0.2) is 0 Å². The normalized spacial score (nSPS) is 41.1. The van der Waals surface area contributed by atoms with Crippen molar-refractivity contribution in [1.82, 2.24) is 0 Å². The van der Waals surface area contributed by atoms with Crippen LogP contribution < -0.4 is 0 Å². The summed E-state index contributed by atoms with van der Waals surface area (Å²) in [4.78, 5) is 11.7. The van der Waals surface area contributed by atoms with Crippen LogP contribution in [0.1, 0.15) is 33.1 Å². The molecule has 4 atom stereocenters. The number of fused-ring (bicyclic) bond motifs is 1. The maximum absolute atomic E-state index is 11.7. The fourth-order valence-electron chi connectivity index (χ4n) is 2.70. The van der Waals surface area contributed by atoms with Gasteiger partial charge in [0.2, 0.25) is 0 Å². The van der Waals surface area contributed by atoms with Gasteiger partial charge in [-0.05, 0) is 33.1 Å². The lowest BCUT2D eigenvalue weighted by atomic mass is 10.1. The van der Waals surface area contributed by atoms with Crippen LogP contribution in [0.4, 0.5) is 0 Å². The number of hydrogen-bond donors (Lipinski definition) is 0. The standard InChI is InChI=1S/C13H20O6/c1-13(2)18-10-8(17-12(14)11(10)19-13)7-16-9-5-3-4-6-15-9/h8-11H,3-7H2,1-2H3/t8-,9?,10-,11-/m1/s1. The molecule has 0 amide bonds. The van der Waals surface area contributed by atoms with E-state index in [1.54, 1.807) is 13.8 Å². The third-order valence-corrected chi connectivity index (χ3v) is 3.58. The van der Waals surface area contributed by atoms with Gasteiger partial charge in [-0.25, -0.2) is 4.79 Å². The van der Waals surface area contributed by atoms with Crippen LogP contribution in [0.3, 0.4) is 0 Å². The minimum Gasteiger partial charge on any atom is -0.455 e. The van der Waals surface area contributed by atoms with Crippen molar-refractivity contribution in [1.29, 1.82) is 0 Å². The van der Waals surface area contributed by atoms with Gasteiger partial charge in [0.25, 0.3) is 0 Å². The molecule has 6 heteroatoms. The number of carbonyl (C=O) groups is 1. The first kappa shape index (κ1) is 13.3. The Morgan fingerprint density at radius 1 is 1.32 bits per heavy atom. The van der Waals surface area contributed by atoms with E-state index < -0.39 is 18.0 Å². The molecule has 6 nitrogen and oxygen atoms in total. The molecule has 3 aliphatic rings. The van der Waals surface area contributed by atoms with Gasteiger partial charge >= 0.3 is 5.97 Å². The molecular weight excluding hydrogens is 252 g/mol. The zero-order valence-electron chi connectivity index (χ0n) is 11.3. The first-order valence-corrected chi connectivity index (χ1v) is 6.84. The molecule has 0 spiro atoms. The minimum atomic E-state index is -0.742. The summed E-state index contributed by atoms with van der Waals surface area (Å²) in [7, 11) is 0. The molecule has 0 aromatic heterocycles. The van der Waals surface area contributed by atoms with Crippen molar-refractivity contribution < 1.29 is 28.5 Å². The molecule has 3 aliphatic heterocycles. The summed E-state index contributed by atoms with van der Waals surface area (Å²) in [5, 5.41) is 0. The van der Waals surface area contributed by atoms with Gasteiger partial charge in [0.1, 0.15) is 6.10 Å². The van der Waals surface area contributed by atoms with E-state index >= 15 is 0 Å². The smallest absolute Gasteiger partial charge is 0.338 e. The fraction of sp³-hybridized carbons (Fsp3) is 0.923. The summed E-state index contributed by atoms with van der Waals surface area (Å²) in [6, 6.07) is 0. The Balaban J connectivity index is 1.55. The molecule has 0 radical (unpaired) electrons. The minimum absolute atomic E-state index is 0.193. The fourth-order valence-corrected chi connectivity index (χ4v) is 2.70. The van der Waals surface area contributed by atoms with Crippen LogP contribution >= 0.6 is 0 Å². The number of hydrogen-bond acceptors (Lipinski definition) is 6. The van der Waals surface area contributed by atoms with Crippen molar-refractivity contribution in [3.8, 4) is 0 Å².